The Balaban J connectivity index is 1.31. The first kappa shape index (κ1) is 23.5. The molecule has 35 heavy (non-hydrogen) atoms. The van der Waals surface area contributed by atoms with Gasteiger partial charge < -0.3 is 4.90 Å². The number of ketones is 1. The lowest BCUT2D eigenvalue weighted by Crippen LogP contribution is -2.59. The van der Waals surface area contributed by atoms with Crippen molar-refractivity contribution >= 4 is 11.7 Å². The number of benzene rings is 1. The second kappa shape index (κ2) is 7.11. The Morgan fingerprint density at radius 2 is 1.60 bits per heavy atom. The molecule has 0 bridgehead atoms. The minimum atomic E-state index is 0.0421. The van der Waals surface area contributed by atoms with Crippen molar-refractivity contribution in [2.24, 2.45) is 38.9 Å². The van der Waals surface area contributed by atoms with E-state index in [-0.39, 0.29) is 28.2 Å². The minimum absolute atomic E-state index is 0.0421. The molecule has 0 aliphatic heterocycles. The van der Waals surface area contributed by atoms with Gasteiger partial charge in [-0.05, 0) is 103 Å². The van der Waals surface area contributed by atoms with E-state index in [9.17, 15) is 9.59 Å². The Morgan fingerprint density at radius 3 is 2.29 bits per heavy atom. The largest absolute Gasteiger partial charge is 0.338 e. The standard InChI is InChI=1S/C32H43NO2/c1-7-22-23(34)19-30(5)25-14-13-24-28(2,3)26(33(6)27(35)21-11-9-8-10-12-21)15-16-31(24)20-32(25,31)18-17-29(22,30)4/h7-12,24-26H,13-20H2,1-6H3/b22-7-/t24-,25-,26-,29+,30-,31+,32-/m0/s1. The van der Waals surface area contributed by atoms with Crippen molar-refractivity contribution in [2.75, 3.05) is 7.05 Å². The number of Topliss-reactive ketones (excluding diaryl/α,β-unsaturated/α-hetero) is 1. The fourth-order valence-corrected chi connectivity index (χ4v) is 11.1. The van der Waals surface area contributed by atoms with Crippen LogP contribution < -0.4 is 0 Å². The Bertz CT molecular complexity index is 1120. The van der Waals surface area contributed by atoms with Gasteiger partial charge in [-0.3, -0.25) is 9.59 Å². The van der Waals surface area contributed by atoms with Crippen LogP contribution in [-0.4, -0.2) is 29.7 Å². The monoisotopic (exact) mass is 473 g/mol. The zero-order valence-electron chi connectivity index (χ0n) is 22.6. The Kier molecular flexibility index (Phi) is 4.77. The van der Waals surface area contributed by atoms with Crippen LogP contribution in [0.25, 0.3) is 0 Å². The van der Waals surface area contributed by atoms with Crippen molar-refractivity contribution in [1.29, 1.82) is 0 Å². The molecule has 6 rings (SSSR count). The Labute approximate surface area is 211 Å². The highest BCUT2D eigenvalue weighted by Gasteiger charge is 2.82. The van der Waals surface area contributed by atoms with Crippen molar-refractivity contribution in [3.05, 3.63) is 47.5 Å². The molecular formula is C32H43NO2. The van der Waals surface area contributed by atoms with Crippen molar-refractivity contribution in [3.63, 3.8) is 0 Å². The number of nitrogens with zero attached hydrogens (tertiary/aromatic N) is 1. The van der Waals surface area contributed by atoms with Crippen LogP contribution in [0.2, 0.25) is 0 Å². The molecule has 7 atom stereocenters. The van der Waals surface area contributed by atoms with Crippen LogP contribution >= 0.6 is 0 Å². The van der Waals surface area contributed by atoms with Crippen LogP contribution in [0.15, 0.2) is 42.0 Å². The summed E-state index contributed by atoms with van der Waals surface area (Å²) < 4.78 is 0. The molecule has 0 aromatic heterocycles. The number of fused-ring (bicyclic) bond motifs is 2. The molecular weight excluding hydrogens is 430 g/mol. The van der Waals surface area contributed by atoms with Crippen LogP contribution in [0, 0.1) is 38.9 Å². The fourth-order valence-electron chi connectivity index (χ4n) is 11.1. The highest BCUT2D eigenvalue weighted by Crippen LogP contribution is 2.88. The normalized spacial score (nSPS) is 46.3. The van der Waals surface area contributed by atoms with E-state index >= 15 is 0 Å². The summed E-state index contributed by atoms with van der Waals surface area (Å²) in [6, 6.07) is 10.1. The van der Waals surface area contributed by atoms with Crippen molar-refractivity contribution in [3.8, 4) is 0 Å². The van der Waals surface area contributed by atoms with E-state index in [1.54, 1.807) is 0 Å². The van der Waals surface area contributed by atoms with Crippen LogP contribution in [-0.2, 0) is 4.79 Å². The quantitative estimate of drug-likeness (QED) is 0.431. The van der Waals surface area contributed by atoms with E-state index in [0.717, 1.165) is 30.4 Å². The second-order valence-electron chi connectivity index (χ2n) is 13.9. The van der Waals surface area contributed by atoms with Gasteiger partial charge in [0.25, 0.3) is 5.91 Å². The molecule has 0 heterocycles. The lowest BCUT2D eigenvalue weighted by atomic mass is 9.42. The third-order valence-electron chi connectivity index (χ3n) is 12.8. The summed E-state index contributed by atoms with van der Waals surface area (Å²) in [4.78, 5) is 28.6. The third kappa shape index (κ3) is 2.63. The van der Waals surface area contributed by atoms with E-state index in [1.165, 1.54) is 32.1 Å². The second-order valence-corrected chi connectivity index (χ2v) is 13.9. The van der Waals surface area contributed by atoms with Gasteiger partial charge in [-0.25, -0.2) is 0 Å². The molecule has 1 aromatic rings. The summed E-state index contributed by atoms with van der Waals surface area (Å²) in [6.45, 7) is 11.9. The maximum atomic E-state index is 13.4. The predicted octanol–water partition coefficient (Wildman–Crippen LogP) is 7.08. The van der Waals surface area contributed by atoms with E-state index in [2.05, 4.69) is 45.6 Å². The Hall–Kier alpha value is -1.90. The average molecular weight is 474 g/mol. The third-order valence-corrected chi connectivity index (χ3v) is 12.8. The highest BCUT2D eigenvalue weighted by atomic mass is 16.2. The van der Waals surface area contributed by atoms with Gasteiger partial charge in [-0.15, -0.1) is 0 Å². The molecule has 5 saturated carbocycles. The summed E-state index contributed by atoms with van der Waals surface area (Å²) in [5, 5.41) is 0. The summed E-state index contributed by atoms with van der Waals surface area (Å²) in [6.07, 6.45) is 11.5. The van der Waals surface area contributed by atoms with Gasteiger partial charge in [-0.1, -0.05) is 52.0 Å². The zero-order chi connectivity index (χ0) is 25.0. The van der Waals surface area contributed by atoms with E-state index in [1.807, 2.05) is 37.4 Å². The molecule has 1 aromatic carbocycles. The SMILES string of the molecule is C/C=C1/C(=O)C[C@@]2(C)[C@@H]3CC[C@H]4C(C)(C)[C@@H](N(C)C(=O)c5ccccc5)CC[C@@]45C[C@@]35CC[C@]12C. The topological polar surface area (TPSA) is 37.4 Å². The Morgan fingerprint density at radius 1 is 0.943 bits per heavy atom. The molecule has 5 aliphatic carbocycles. The van der Waals surface area contributed by atoms with E-state index < -0.39 is 0 Å². The number of carbonyl (C=O) groups is 2. The van der Waals surface area contributed by atoms with Gasteiger partial charge >= 0.3 is 0 Å². The molecule has 3 nitrogen and oxygen atoms in total. The number of amides is 1. The van der Waals surface area contributed by atoms with Gasteiger partial charge in [-0.2, -0.15) is 0 Å². The maximum absolute atomic E-state index is 13.4. The molecule has 1 amide bonds. The van der Waals surface area contributed by atoms with Gasteiger partial charge in [0.15, 0.2) is 5.78 Å². The molecule has 0 saturated heterocycles. The van der Waals surface area contributed by atoms with Crippen LogP contribution in [0.3, 0.4) is 0 Å². The molecule has 5 aliphatic rings. The van der Waals surface area contributed by atoms with E-state index in [0.29, 0.717) is 28.4 Å². The first-order chi connectivity index (χ1) is 16.5. The van der Waals surface area contributed by atoms with Gasteiger partial charge in [0.2, 0.25) is 0 Å². The molecule has 5 fully saturated rings. The van der Waals surface area contributed by atoms with Crippen molar-refractivity contribution < 1.29 is 9.59 Å². The lowest BCUT2D eigenvalue weighted by molar-refractivity contribution is -0.135. The van der Waals surface area contributed by atoms with Crippen molar-refractivity contribution in [1.82, 2.24) is 4.90 Å². The molecule has 0 unspecified atom stereocenters. The number of hydrogen-bond acceptors (Lipinski definition) is 2. The number of allylic oxidation sites excluding steroid dienone is 2. The first-order valence-electron chi connectivity index (χ1n) is 14.0. The smallest absolute Gasteiger partial charge is 0.253 e. The lowest BCUT2D eigenvalue weighted by Gasteiger charge is -2.63. The van der Waals surface area contributed by atoms with Crippen LogP contribution in [0.4, 0.5) is 0 Å². The van der Waals surface area contributed by atoms with Gasteiger partial charge in [0, 0.05) is 30.5 Å². The molecule has 188 valence electrons. The van der Waals surface area contributed by atoms with Gasteiger partial charge in [0.1, 0.15) is 0 Å². The number of rotatable bonds is 2. The molecule has 2 spiro atoms. The molecule has 0 radical (unpaired) electrons. The van der Waals surface area contributed by atoms with Crippen LogP contribution in [0.5, 0.6) is 0 Å². The number of carbonyl (C=O) groups excluding carboxylic acids is 2. The predicted molar refractivity (Wildman–Crippen MR) is 140 cm³/mol. The molecule has 0 N–H and O–H groups in total. The summed E-state index contributed by atoms with van der Waals surface area (Å²) >= 11 is 0. The number of hydrogen-bond donors (Lipinski definition) is 0. The first-order valence-corrected chi connectivity index (χ1v) is 14.0. The fraction of sp³-hybridized carbons (Fsp3) is 0.688. The summed E-state index contributed by atoms with van der Waals surface area (Å²) in [5.74, 6) is 1.88. The van der Waals surface area contributed by atoms with E-state index in [4.69, 9.17) is 0 Å². The van der Waals surface area contributed by atoms with Crippen molar-refractivity contribution in [2.45, 2.75) is 92.0 Å². The summed E-state index contributed by atoms with van der Waals surface area (Å²) in [5.41, 5.74) is 2.98. The zero-order valence-corrected chi connectivity index (χ0v) is 22.6. The van der Waals surface area contributed by atoms with Crippen LogP contribution in [0.1, 0.15) is 96.3 Å². The average Bonchev–Trinajstić information content (AvgIpc) is 3.44. The maximum Gasteiger partial charge on any atom is 0.253 e. The van der Waals surface area contributed by atoms with Gasteiger partial charge in [0.05, 0.1) is 0 Å². The molecule has 3 heteroatoms. The summed E-state index contributed by atoms with van der Waals surface area (Å²) in [7, 11) is 2.03. The minimum Gasteiger partial charge on any atom is -0.338 e. The highest BCUT2D eigenvalue weighted by molar-refractivity contribution is 6.00.